The van der Waals surface area contributed by atoms with Gasteiger partial charge in [0.2, 0.25) is 0 Å². The maximum atomic E-state index is 12.6. The minimum atomic E-state index is 0.220. The molecule has 2 heteroatoms. The number of hydrogen-bond donors (Lipinski definition) is 0. The molecule has 2 nitrogen and oxygen atoms in total. The zero-order valence-corrected chi connectivity index (χ0v) is 11.8. The van der Waals surface area contributed by atoms with Crippen LogP contribution in [0.4, 0.5) is 0 Å². The summed E-state index contributed by atoms with van der Waals surface area (Å²) < 4.78 is 0. The van der Waals surface area contributed by atoms with E-state index in [-0.39, 0.29) is 5.91 Å². The lowest BCUT2D eigenvalue weighted by atomic mass is 10.00. The smallest absolute Gasteiger partial charge is 0.254 e. The molecule has 1 aliphatic heterocycles. The number of carbonyl (C=O) groups is 1. The lowest BCUT2D eigenvalue weighted by Crippen LogP contribution is -2.32. The molecule has 0 radical (unpaired) electrons. The summed E-state index contributed by atoms with van der Waals surface area (Å²) in [6.07, 6.45) is 4.82. The minimum Gasteiger partial charge on any atom is -0.339 e. The van der Waals surface area contributed by atoms with Crippen molar-refractivity contribution >= 4 is 5.91 Å². The van der Waals surface area contributed by atoms with E-state index >= 15 is 0 Å². The molecule has 1 fully saturated rings. The molecule has 1 amide bonds. The second kappa shape index (κ2) is 5.55. The number of amides is 1. The Morgan fingerprint density at radius 1 is 0.889 bits per heavy atom. The summed E-state index contributed by atoms with van der Waals surface area (Å²) in [5.41, 5.74) is 4.46. The highest BCUT2D eigenvalue weighted by molar-refractivity contribution is 5.96. The van der Waals surface area contributed by atoms with Gasteiger partial charge in [0.05, 0.1) is 0 Å². The van der Waals surface area contributed by atoms with Crippen LogP contribution in [-0.4, -0.2) is 23.9 Å². The number of carbonyl (C=O) groups excluding carboxylic acids is 1. The van der Waals surface area contributed by atoms with Gasteiger partial charge in [-0.15, -0.1) is 0 Å². The van der Waals surface area contributed by atoms with Crippen LogP contribution in [0.1, 0.15) is 52.7 Å². The van der Waals surface area contributed by atoms with Crippen LogP contribution >= 0.6 is 0 Å². The van der Waals surface area contributed by atoms with E-state index in [1.54, 1.807) is 0 Å². The topological polar surface area (TPSA) is 20.3 Å². The summed E-state index contributed by atoms with van der Waals surface area (Å²) in [7, 11) is 0. The first-order valence-electron chi connectivity index (χ1n) is 6.96. The first kappa shape index (κ1) is 13.1. The highest BCUT2D eigenvalue weighted by atomic mass is 16.2. The van der Waals surface area contributed by atoms with Crippen LogP contribution in [0, 0.1) is 20.8 Å². The van der Waals surface area contributed by atoms with Crippen molar-refractivity contribution in [1.29, 1.82) is 0 Å². The second-order valence-corrected chi connectivity index (χ2v) is 5.46. The van der Waals surface area contributed by atoms with Gasteiger partial charge in [0.25, 0.3) is 5.91 Å². The Morgan fingerprint density at radius 2 is 1.44 bits per heavy atom. The number of nitrogens with zero attached hydrogens (tertiary/aromatic N) is 1. The van der Waals surface area contributed by atoms with Crippen molar-refractivity contribution in [3.63, 3.8) is 0 Å². The lowest BCUT2D eigenvalue weighted by molar-refractivity contribution is 0.0761. The van der Waals surface area contributed by atoms with Crippen molar-refractivity contribution in [2.45, 2.75) is 46.5 Å². The summed E-state index contributed by atoms with van der Waals surface area (Å²) in [6.45, 7) is 8.06. The van der Waals surface area contributed by atoms with Gasteiger partial charge in [-0.3, -0.25) is 4.79 Å². The first-order valence-corrected chi connectivity index (χ1v) is 6.96. The molecule has 0 aromatic heterocycles. The van der Waals surface area contributed by atoms with Crippen LogP contribution in [0.3, 0.4) is 0 Å². The molecule has 0 unspecified atom stereocenters. The molecular weight excluding hydrogens is 222 g/mol. The van der Waals surface area contributed by atoms with Gasteiger partial charge < -0.3 is 4.90 Å². The standard InChI is InChI=1S/C16H23NO/c1-12-10-14(3)15(11-13(12)2)16(18)17-8-6-4-5-7-9-17/h10-11H,4-9H2,1-3H3. The van der Waals surface area contributed by atoms with Crippen LogP contribution in [0.5, 0.6) is 0 Å². The van der Waals surface area contributed by atoms with Crippen molar-refractivity contribution in [3.05, 3.63) is 34.4 Å². The maximum Gasteiger partial charge on any atom is 0.254 e. The number of likely N-dealkylation sites (tertiary alicyclic amines) is 1. The SMILES string of the molecule is Cc1cc(C)c(C(=O)N2CCCCCC2)cc1C. The van der Waals surface area contributed by atoms with Crippen molar-refractivity contribution < 1.29 is 4.79 Å². The predicted octanol–water partition coefficient (Wildman–Crippen LogP) is 3.63. The highest BCUT2D eigenvalue weighted by Crippen LogP contribution is 2.19. The van der Waals surface area contributed by atoms with Gasteiger partial charge in [-0.25, -0.2) is 0 Å². The van der Waals surface area contributed by atoms with Crippen molar-refractivity contribution in [2.24, 2.45) is 0 Å². The van der Waals surface area contributed by atoms with Gasteiger partial charge in [0, 0.05) is 18.7 Å². The molecule has 1 aromatic carbocycles. The van der Waals surface area contributed by atoms with E-state index in [2.05, 4.69) is 26.0 Å². The van der Waals surface area contributed by atoms with Crippen LogP contribution in [0.25, 0.3) is 0 Å². The molecular formula is C16H23NO. The second-order valence-electron chi connectivity index (χ2n) is 5.46. The average molecular weight is 245 g/mol. The Labute approximate surface area is 110 Å². The van der Waals surface area contributed by atoms with Gasteiger partial charge in [-0.1, -0.05) is 18.9 Å². The van der Waals surface area contributed by atoms with Gasteiger partial charge in [-0.2, -0.15) is 0 Å². The third kappa shape index (κ3) is 2.74. The maximum absolute atomic E-state index is 12.6. The third-order valence-electron chi connectivity index (χ3n) is 3.96. The summed E-state index contributed by atoms with van der Waals surface area (Å²) in [6, 6.07) is 4.18. The monoisotopic (exact) mass is 245 g/mol. The lowest BCUT2D eigenvalue weighted by Gasteiger charge is -2.22. The fraction of sp³-hybridized carbons (Fsp3) is 0.562. The number of benzene rings is 1. The van der Waals surface area contributed by atoms with Gasteiger partial charge in [0.1, 0.15) is 0 Å². The summed E-state index contributed by atoms with van der Waals surface area (Å²) in [5.74, 6) is 0.220. The largest absolute Gasteiger partial charge is 0.339 e. The van der Waals surface area contributed by atoms with Crippen LogP contribution in [-0.2, 0) is 0 Å². The molecule has 2 rings (SSSR count). The van der Waals surface area contributed by atoms with Gasteiger partial charge in [0.15, 0.2) is 0 Å². The molecule has 0 atom stereocenters. The Hall–Kier alpha value is -1.31. The Kier molecular flexibility index (Phi) is 4.05. The third-order valence-corrected chi connectivity index (χ3v) is 3.96. The Bertz CT molecular complexity index is 443. The molecule has 1 heterocycles. The van der Waals surface area contributed by atoms with Crippen molar-refractivity contribution in [3.8, 4) is 0 Å². The summed E-state index contributed by atoms with van der Waals surface area (Å²) in [5, 5.41) is 0. The zero-order valence-electron chi connectivity index (χ0n) is 11.8. The van der Waals surface area contributed by atoms with Gasteiger partial charge in [-0.05, 0) is 56.4 Å². The number of rotatable bonds is 1. The molecule has 1 saturated heterocycles. The van der Waals surface area contributed by atoms with E-state index in [9.17, 15) is 4.79 Å². The fourth-order valence-corrected chi connectivity index (χ4v) is 2.64. The van der Waals surface area contributed by atoms with E-state index in [0.717, 1.165) is 37.1 Å². The van der Waals surface area contributed by atoms with Crippen LogP contribution in [0.2, 0.25) is 0 Å². The van der Waals surface area contributed by atoms with Crippen molar-refractivity contribution in [2.75, 3.05) is 13.1 Å². The quantitative estimate of drug-likeness (QED) is 0.740. The summed E-state index contributed by atoms with van der Waals surface area (Å²) >= 11 is 0. The molecule has 0 N–H and O–H groups in total. The molecule has 98 valence electrons. The number of hydrogen-bond acceptors (Lipinski definition) is 1. The normalized spacial score (nSPS) is 16.5. The molecule has 18 heavy (non-hydrogen) atoms. The van der Waals surface area contributed by atoms with E-state index in [0.29, 0.717) is 0 Å². The van der Waals surface area contributed by atoms with Gasteiger partial charge >= 0.3 is 0 Å². The fourth-order valence-electron chi connectivity index (χ4n) is 2.64. The molecule has 0 aliphatic carbocycles. The Balaban J connectivity index is 2.24. The van der Waals surface area contributed by atoms with Crippen LogP contribution < -0.4 is 0 Å². The molecule has 0 bridgehead atoms. The average Bonchev–Trinajstić information content (AvgIpc) is 2.61. The van der Waals surface area contributed by atoms with E-state index in [4.69, 9.17) is 0 Å². The van der Waals surface area contributed by atoms with E-state index in [1.165, 1.54) is 24.0 Å². The minimum absolute atomic E-state index is 0.220. The van der Waals surface area contributed by atoms with Crippen LogP contribution in [0.15, 0.2) is 12.1 Å². The molecule has 1 aliphatic rings. The first-order chi connectivity index (χ1) is 8.59. The molecule has 1 aromatic rings. The predicted molar refractivity (Wildman–Crippen MR) is 75.0 cm³/mol. The summed E-state index contributed by atoms with van der Waals surface area (Å²) in [4.78, 5) is 14.6. The van der Waals surface area contributed by atoms with Crippen molar-refractivity contribution in [1.82, 2.24) is 4.90 Å². The molecule has 0 spiro atoms. The number of aryl methyl sites for hydroxylation is 3. The van der Waals surface area contributed by atoms with E-state index < -0.39 is 0 Å². The zero-order chi connectivity index (χ0) is 13.1. The highest BCUT2D eigenvalue weighted by Gasteiger charge is 2.19. The van der Waals surface area contributed by atoms with E-state index in [1.807, 2.05) is 11.8 Å². The Morgan fingerprint density at radius 3 is 2.06 bits per heavy atom. The molecule has 0 saturated carbocycles.